The van der Waals surface area contributed by atoms with E-state index in [-0.39, 0.29) is 5.91 Å². The van der Waals surface area contributed by atoms with E-state index in [0.29, 0.717) is 18.5 Å². The lowest BCUT2D eigenvalue weighted by atomic mass is 9.91. The van der Waals surface area contributed by atoms with Gasteiger partial charge < -0.3 is 10.6 Å². The Morgan fingerprint density at radius 2 is 2.07 bits per heavy atom. The van der Waals surface area contributed by atoms with Gasteiger partial charge in [0, 0.05) is 25.6 Å². The van der Waals surface area contributed by atoms with Gasteiger partial charge in [-0.1, -0.05) is 6.08 Å². The Morgan fingerprint density at radius 3 is 2.60 bits per heavy atom. The third-order valence-corrected chi connectivity index (χ3v) is 3.24. The zero-order valence-electron chi connectivity index (χ0n) is 9.61. The molecule has 0 radical (unpaired) electrons. The van der Waals surface area contributed by atoms with Gasteiger partial charge in [-0.15, -0.1) is 6.58 Å². The molecule has 0 heterocycles. The van der Waals surface area contributed by atoms with E-state index >= 15 is 0 Å². The van der Waals surface area contributed by atoms with Crippen LogP contribution in [-0.4, -0.2) is 29.9 Å². The number of carbonyl (C=O) groups excluding carboxylic acids is 1. The highest BCUT2D eigenvalue weighted by atomic mass is 16.2. The van der Waals surface area contributed by atoms with Crippen molar-refractivity contribution in [3.8, 4) is 0 Å². The minimum absolute atomic E-state index is 0.232. The molecule has 1 saturated carbocycles. The van der Waals surface area contributed by atoms with E-state index < -0.39 is 0 Å². The number of rotatable bonds is 4. The number of hydrogen-bond donors (Lipinski definition) is 1. The number of allylic oxidation sites excluding steroid dienone is 1. The summed E-state index contributed by atoms with van der Waals surface area (Å²) in [6.45, 7) is 3.63. The molecule has 0 unspecified atom stereocenters. The van der Waals surface area contributed by atoms with E-state index in [1.54, 1.807) is 6.08 Å². The van der Waals surface area contributed by atoms with Gasteiger partial charge in [0.15, 0.2) is 0 Å². The monoisotopic (exact) mass is 210 g/mol. The van der Waals surface area contributed by atoms with Crippen molar-refractivity contribution >= 4 is 5.91 Å². The van der Waals surface area contributed by atoms with Crippen LogP contribution in [0, 0.1) is 0 Å². The summed E-state index contributed by atoms with van der Waals surface area (Å²) in [6.07, 6.45) is 7.35. The van der Waals surface area contributed by atoms with Crippen molar-refractivity contribution in [2.75, 3.05) is 7.05 Å². The smallest absolute Gasteiger partial charge is 0.222 e. The van der Waals surface area contributed by atoms with Crippen LogP contribution >= 0.6 is 0 Å². The minimum Gasteiger partial charge on any atom is -0.343 e. The zero-order valence-corrected chi connectivity index (χ0v) is 9.61. The fourth-order valence-electron chi connectivity index (χ4n) is 2.09. The maximum Gasteiger partial charge on any atom is 0.222 e. The van der Waals surface area contributed by atoms with Gasteiger partial charge in [-0.25, -0.2) is 0 Å². The zero-order chi connectivity index (χ0) is 11.3. The van der Waals surface area contributed by atoms with Gasteiger partial charge in [0.1, 0.15) is 0 Å². The van der Waals surface area contributed by atoms with E-state index in [1.807, 2.05) is 11.9 Å². The molecular weight excluding hydrogens is 188 g/mol. The molecule has 0 aliphatic heterocycles. The number of amides is 1. The summed E-state index contributed by atoms with van der Waals surface area (Å²) in [6, 6.07) is 0.750. The van der Waals surface area contributed by atoms with E-state index in [1.165, 1.54) is 0 Å². The number of nitrogens with zero attached hydrogens (tertiary/aromatic N) is 1. The van der Waals surface area contributed by atoms with Gasteiger partial charge in [0.25, 0.3) is 0 Å². The van der Waals surface area contributed by atoms with Crippen LogP contribution in [0.25, 0.3) is 0 Å². The summed E-state index contributed by atoms with van der Waals surface area (Å²) in [4.78, 5) is 13.6. The fourth-order valence-corrected chi connectivity index (χ4v) is 2.09. The van der Waals surface area contributed by atoms with E-state index in [4.69, 9.17) is 5.73 Å². The third kappa shape index (κ3) is 3.67. The summed E-state index contributed by atoms with van der Waals surface area (Å²) in [7, 11) is 1.91. The highest BCUT2D eigenvalue weighted by Crippen LogP contribution is 2.21. The number of nitrogens with two attached hydrogens (primary N) is 1. The standard InChI is InChI=1S/C12H22N2O/c1-3-4-5-12(15)14(2)11-8-6-10(13)7-9-11/h3,10-11H,1,4-9,13H2,2H3. The Balaban J connectivity index is 2.35. The number of hydrogen-bond acceptors (Lipinski definition) is 2. The molecule has 0 aromatic rings. The second kappa shape index (κ2) is 5.91. The molecule has 3 nitrogen and oxygen atoms in total. The van der Waals surface area contributed by atoms with Crippen molar-refractivity contribution in [1.82, 2.24) is 4.90 Å². The lowest BCUT2D eigenvalue weighted by Gasteiger charge is -2.33. The molecule has 1 rings (SSSR count). The Bertz CT molecular complexity index is 220. The molecule has 0 aromatic heterocycles. The molecule has 0 spiro atoms. The average molecular weight is 210 g/mol. The molecule has 15 heavy (non-hydrogen) atoms. The first-order chi connectivity index (χ1) is 7.15. The van der Waals surface area contributed by atoms with Crippen molar-refractivity contribution in [2.24, 2.45) is 5.73 Å². The molecular formula is C12H22N2O. The molecule has 0 atom stereocenters. The van der Waals surface area contributed by atoms with Crippen LogP contribution in [0.4, 0.5) is 0 Å². The van der Waals surface area contributed by atoms with Gasteiger partial charge in [-0.3, -0.25) is 4.79 Å². The Morgan fingerprint density at radius 1 is 1.47 bits per heavy atom. The van der Waals surface area contributed by atoms with Crippen LogP contribution < -0.4 is 5.73 Å². The highest BCUT2D eigenvalue weighted by Gasteiger charge is 2.24. The van der Waals surface area contributed by atoms with Gasteiger partial charge in [-0.05, 0) is 32.1 Å². The molecule has 0 saturated heterocycles. The van der Waals surface area contributed by atoms with E-state index in [9.17, 15) is 4.79 Å². The molecule has 0 bridgehead atoms. The summed E-state index contributed by atoms with van der Waals surface area (Å²) in [5.41, 5.74) is 5.84. The minimum atomic E-state index is 0.232. The van der Waals surface area contributed by atoms with Gasteiger partial charge >= 0.3 is 0 Å². The van der Waals surface area contributed by atoms with Crippen LogP contribution in [0.5, 0.6) is 0 Å². The van der Waals surface area contributed by atoms with Gasteiger partial charge in [0.05, 0.1) is 0 Å². The summed E-state index contributed by atoms with van der Waals surface area (Å²) >= 11 is 0. The maximum absolute atomic E-state index is 11.7. The van der Waals surface area contributed by atoms with Crippen LogP contribution in [0.2, 0.25) is 0 Å². The lowest BCUT2D eigenvalue weighted by Crippen LogP contribution is -2.41. The largest absolute Gasteiger partial charge is 0.343 e. The molecule has 1 fully saturated rings. The normalized spacial score (nSPS) is 26.0. The molecule has 86 valence electrons. The molecule has 3 heteroatoms. The van der Waals surface area contributed by atoms with Crippen molar-refractivity contribution < 1.29 is 4.79 Å². The molecule has 2 N–H and O–H groups in total. The molecule has 1 aliphatic carbocycles. The third-order valence-electron chi connectivity index (χ3n) is 3.24. The Hall–Kier alpha value is -0.830. The summed E-state index contributed by atoms with van der Waals surface area (Å²) < 4.78 is 0. The maximum atomic E-state index is 11.7. The Kier molecular flexibility index (Phi) is 4.82. The molecule has 1 amide bonds. The fraction of sp³-hybridized carbons (Fsp3) is 0.750. The first-order valence-corrected chi connectivity index (χ1v) is 5.77. The predicted octanol–water partition coefficient (Wildman–Crippen LogP) is 1.68. The Labute approximate surface area is 92.3 Å². The summed E-state index contributed by atoms with van der Waals surface area (Å²) in [5.74, 6) is 0.232. The van der Waals surface area contributed by atoms with Crippen molar-refractivity contribution in [3.05, 3.63) is 12.7 Å². The molecule has 0 aromatic carbocycles. The predicted molar refractivity (Wildman–Crippen MR) is 62.4 cm³/mol. The first kappa shape index (κ1) is 12.2. The van der Waals surface area contributed by atoms with E-state index in [0.717, 1.165) is 32.1 Å². The summed E-state index contributed by atoms with van der Waals surface area (Å²) in [5, 5.41) is 0. The van der Waals surface area contributed by atoms with Gasteiger partial charge in [0.2, 0.25) is 5.91 Å². The molecule has 1 aliphatic rings. The van der Waals surface area contributed by atoms with Crippen molar-refractivity contribution in [3.63, 3.8) is 0 Å². The second-order valence-corrected chi connectivity index (χ2v) is 4.40. The van der Waals surface area contributed by atoms with Crippen LogP contribution in [0.1, 0.15) is 38.5 Å². The van der Waals surface area contributed by atoms with Crippen molar-refractivity contribution in [2.45, 2.75) is 50.6 Å². The van der Waals surface area contributed by atoms with Crippen molar-refractivity contribution in [1.29, 1.82) is 0 Å². The quantitative estimate of drug-likeness (QED) is 0.718. The second-order valence-electron chi connectivity index (χ2n) is 4.40. The van der Waals surface area contributed by atoms with Gasteiger partial charge in [-0.2, -0.15) is 0 Å². The van der Waals surface area contributed by atoms with Crippen LogP contribution in [-0.2, 0) is 4.79 Å². The lowest BCUT2D eigenvalue weighted by molar-refractivity contribution is -0.132. The van der Waals surface area contributed by atoms with E-state index in [2.05, 4.69) is 6.58 Å². The topological polar surface area (TPSA) is 46.3 Å². The average Bonchev–Trinajstić information content (AvgIpc) is 2.26. The first-order valence-electron chi connectivity index (χ1n) is 5.77. The SMILES string of the molecule is C=CCCC(=O)N(C)C1CCC(N)CC1. The van der Waals surface area contributed by atoms with Crippen LogP contribution in [0.3, 0.4) is 0 Å². The van der Waals surface area contributed by atoms with Crippen LogP contribution in [0.15, 0.2) is 12.7 Å². The number of carbonyl (C=O) groups is 1. The highest BCUT2D eigenvalue weighted by molar-refractivity contribution is 5.76.